The van der Waals surface area contributed by atoms with E-state index in [9.17, 15) is 4.79 Å². The van der Waals surface area contributed by atoms with Crippen LogP contribution in [0.1, 0.15) is 40.4 Å². The second kappa shape index (κ2) is 6.22. The molecule has 0 radical (unpaired) electrons. The Morgan fingerprint density at radius 2 is 1.95 bits per heavy atom. The molecule has 3 nitrogen and oxygen atoms in total. The number of aryl methyl sites for hydroxylation is 1. The summed E-state index contributed by atoms with van der Waals surface area (Å²) in [6.07, 6.45) is 2.08. The number of likely N-dealkylation sites (tertiary alicyclic amines) is 1. The third kappa shape index (κ3) is 2.84. The number of amides is 1. The number of rotatable bonds is 3. The van der Waals surface area contributed by atoms with Crippen LogP contribution in [0.25, 0.3) is 0 Å². The monoisotopic (exact) mass is 295 g/mol. The molecule has 1 unspecified atom stereocenters. The summed E-state index contributed by atoms with van der Waals surface area (Å²) in [4.78, 5) is 14.8. The predicted octanol–water partition coefficient (Wildman–Crippen LogP) is 3.98. The summed E-state index contributed by atoms with van der Waals surface area (Å²) in [6.45, 7) is 2.90. The normalized spacial score (nSPS) is 17.5. The Balaban J connectivity index is 1.85. The SMILES string of the molecule is COc1cccc(C(=O)N2CCCC2c2ccc(C)cc2)c1. The lowest BCUT2D eigenvalue weighted by atomic mass is 10.0. The summed E-state index contributed by atoms with van der Waals surface area (Å²) < 4.78 is 5.22. The quantitative estimate of drug-likeness (QED) is 0.857. The van der Waals surface area contributed by atoms with Gasteiger partial charge in [-0.15, -0.1) is 0 Å². The molecule has 3 rings (SSSR count). The van der Waals surface area contributed by atoms with E-state index in [0.29, 0.717) is 5.56 Å². The van der Waals surface area contributed by atoms with E-state index >= 15 is 0 Å². The van der Waals surface area contributed by atoms with Gasteiger partial charge in [0.15, 0.2) is 0 Å². The minimum absolute atomic E-state index is 0.0852. The van der Waals surface area contributed by atoms with Crippen molar-refractivity contribution in [2.75, 3.05) is 13.7 Å². The molecule has 1 atom stereocenters. The topological polar surface area (TPSA) is 29.5 Å². The van der Waals surface area contributed by atoms with Gasteiger partial charge in [-0.05, 0) is 43.5 Å². The van der Waals surface area contributed by atoms with Gasteiger partial charge in [0.2, 0.25) is 0 Å². The van der Waals surface area contributed by atoms with Crippen LogP contribution in [0.4, 0.5) is 0 Å². The fourth-order valence-electron chi connectivity index (χ4n) is 3.07. The van der Waals surface area contributed by atoms with Gasteiger partial charge in [-0.3, -0.25) is 4.79 Å². The first kappa shape index (κ1) is 14.6. The van der Waals surface area contributed by atoms with Gasteiger partial charge in [0, 0.05) is 12.1 Å². The van der Waals surface area contributed by atoms with Crippen molar-refractivity contribution in [3.05, 3.63) is 65.2 Å². The zero-order valence-electron chi connectivity index (χ0n) is 13.1. The molecule has 22 heavy (non-hydrogen) atoms. The Morgan fingerprint density at radius 1 is 1.18 bits per heavy atom. The molecule has 0 N–H and O–H groups in total. The third-order valence-electron chi connectivity index (χ3n) is 4.29. The number of methoxy groups -OCH3 is 1. The highest BCUT2D eigenvalue weighted by Gasteiger charge is 2.30. The van der Waals surface area contributed by atoms with Gasteiger partial charge in [-0.1, -0.05) is 35.9 Å². The van der Waals surface area contributed by atoms with Gasteiger partial charge >= 0.3 is 0 Å². The molecule has 1 aliphatic heterocycles. The van der Waals surface area contributed by atoms with Crippen molar-refractivity contribution in [2.45, 2.75) is 25.8 Å². The van der Waals surface area contributed by atoms with E-state index < -0.39 is 0 Å². The number of nitrogens with zero attached hydrogens (tertiary/aromatic N) is 1. The van der Waals surface area contributed by atoms with Crippen LogP contribution < -0.4 is 4.74 Å². The third-order valence-corrected chi connectivity index (χ3v) is 4.29. The molecule has 0 bridgehead atoms. The molecular formula is C19H21NO2. The van der Waals surface area contributed by atoms with Crippen LogP contribution in [0, 0.1) is 6.92 Å². The summed E-state index contributed by atoms with van der Waals surface area (Å²) in [5.41, 5.74) is 3.16. The first-order valence-electron chi connectivity index (χ1n) is 7.70. The van der Waals surface area contributed by atoms with E-state index in [0.717, 1.165) is 25.1 Å². The van der Waals surface area contributed by atoms with Crippen LogP contribution >= 0.6 is 0 Å². The number of benzene rings is 2. The smallest absolute Gasteiger partial charge is 0.254 e. The predicted molar refractivity (Wildman–Crippen MR) is 87.2 cm³/mol. The zero-order valence-corrected chi connectivity index (χ0v) is 13.1. The standard InChI is InChI=1S/C19H21NO2/c1-14-8-10-15(11-9-14)18-7-4-12-20(18)19(21)16-5-3-6-17(13-16)22-2/h3,5-6,8-11,13,18H,4,7,12H2,1-2H3. The maximum Gasteiger partial charge on any atom is 0.254 e. The van der Waals surface area contributed by atoms with E-state index in [-0.39, 0.29) is 11.9 Å². The maximum absolute atomic E-state index is 12.8. The highest BCUT2D eigenvalue weighted by molar-refractivity contribution is 5.95. The molecule has 0 saturated carbocycles. The number of hydrogen-bond acceptors (Lipinski definition) is 2. The molecular weight excluding hydrogens is 274 g/mol. The highest BCUT2D eigenvalue weighted by Crippen LogP contribution is 2.33. The van der Waals surface area contributed by atoms with Gasteiger partial charge in [-0.25, -0.2) is 0 Å². The summed E-state index contributed by atoms with van der Waals surface area (Å²) in [6, 6.07) is 16.1. The number of ether oxygens (including phenoxy) is 1. The van der Waals surface area contributed by atoms with Crippen LogP contribution in [-0.2, 0) is 0 Å². The van der Waals surface area contributed by atoms with Gasteiger partial charge < -0.3 is 9.64 Å². The first-order valence-corrected chi connectivity index (χ1v) is 7.70. The number of hydrogen-bond donors (Lipinski definition) is 0. The summed E-state index contributed by atoms with van der Waals surface area (Å²) in [5.74, 6) is 0.805. The summed E-state index contributed by atoms with van der Waals surface area (Å²) >= 11 is 0. The van der Waals surface area contributed by atoms with Gasteiger partial charge in [0.25, 0.3) is 5.91 Å². The van der Waals surface area contributed by atoms with Crippen molar-refractivity contribution in [1.82, 2.24) is 4.90 Å². The fourth-order valence-corrected chi connectivity index (χ4v) is 3.07. The average Bonchev–Trinajstić information content (AvgIpc) is 3.04. The summed E-state index contributed by atoms with van der Waals surface area (Å²) in [7, 11) is 1.62. The van der Waals surface area contributed by atoms with Gasteiger partial charge in [0.05, 0.1) is 13.2 Å². The lowest BCUT2D eigenvalue weighted by Crippen LogP contribution is -2.30. The molecule has 114 valence electrons. The highest BCUT2D eigenvalue weighted by atomic mass is 16.5. The minimum atomic E-state index is 0.0852. The van der Waals surface area contributed by atoms with Crippen molar-refractivity contribution in [1.29, 1.82) is 0 Å². The largest absolute Gasteiger partial charge is 0.497 e. The molecule has 1 fully saturated rings. The van der Waals surface area contributed by atoms with Crippen LogP contribution in [0.3, 0.4) is 0 Å². The van der Waals surface area contributed by atoms with E-state index in [1.807, 2.05) is 29.2 Å². The molecule has 3 heteroatoms. The van der Waals surface area contributed by atoms with E-state index in [1.165, 1.54) is 11.1 Å². The Morgan fingerprint density at radius 3 is 2.68 bits per heavy atom. The number of carbonyl (C=O) groups excluding carboxylic acids is 1. The van der Waals surface area contributed by atoms with E-state index in [4.69, 9.17) is 4.74 Å². The summed E-state index contributed by atoms with van der Waals surface area (Å²) in [5, 5.41) is 0. The molecule has 1 heterocycles. The van der Waals surface area contributed by atoms with Crippen LogP contribution in [-0.4, -0.2) is 24.5 Å². The first-order chi connectivity index (χ1) is 10.7. The van der Waals surface area contributed by atoms with Crippen molar-refractivity contribution in [2.24, 2.45) is 0 Å². The lowest BCUT2D eigenvalue weighted by Gasteiger charge is -2.25. The van der Waals surface area contributed by atoms with Gasteiger partial charge in [0.1, 0.15) is 5.75 Å². The van der Waals surface area contributed by atoms with Crippen molar-refractivity contribution in [3.8, 4) is 5.75 Å². The molecule has 1 saturated heterocycles. The zero-order chi connectivity index (χ0) is 15.5. The van der Waals surface area contributed by atoms with Crippen LogP contribution in [0.2, 0.25) is 0 Å². The lowest BCUT2D eigenvalue weighted by molar-refractivity contribution is 0.0735. The molecule has 0 aromatic heterocycles. The van der Waals surface area contributed by atoms with Crippen LogP contribution in [0.15, 0.2) is 48.5 Å². The molecule has 2 aromatic carbocycles. The van der Waals surface area contributed by atoms with Crippen molar-refractivity contribution in [3.63, 3.8) is 0 Å². The Hall–Kier alpha value is -2.29. The Bertz CT molecular complexity index is 663. The van der Waals surface area contributed by atoms with E-state index in [2.05, 4.69) is 31.2 Å². The van der Waals surface area contributed by atoms with Crippen molar-refractivity contribution < 1.29 is 9.53 Å². The van der Waals surface area contributed by atoms with Crippen LogP contribution in [0.5, 0.6) is 5.75 Å². The average molecular weight is 295 g/mol. The van der Waals surface area contributed by atoms with E-state index in [1.54, 1.807) is 7.11 Å². The molecule has 0 aliphatic carbocycles. The second-order valence-corrected chi connectivity index (χ2v) is 5.80. The van der Waals surface area contributed by atoms with Crippen molar-refractivity contribution >= 4 is 5.91 Å². The molecule has 0 spiro atoms. The molecule has 1 amide bonds. The Kier molecular flexibility index (Phi) is 4.14. The molecule has 2 aromatic rings. The second-order valence-electron chi connectivity index (χ2n) is 5.80. The fraction of sp³-hybridized carbons (Fsp3) is 0.316. The van der Waals surface area contributed by atoms with Gasteiger partial charge in [-0.2, -0.15) is 0 Å². The molecule has 1 aliphatic rings. The number of carbonyl (C=O) groups is 1. The maximum atomic E-state index is 12.8. The Labute approximate surface area is 131 Å². The minimum Gasteiger partial charge on any atom is -0.497 e.